The zero-order chi connectivity index (χ0) is 21.8. The second-order valence-corrected chi connectivity index (χ2v) is 7.97. The van der Waals surface area contributed by atoms with Crippen LogP contribution < -0.4 is 20.1 Å². The minimum Gasteiger partial charge on any atom is -0.493 e. The van der Waals surface area contributed by atoms with Crippen LogP contribution in [0.4, 0.5) is 5.69 Å². The predicted molar refractivity (Wildman–Crippen MR) is 117 cm³/mol. The number of carbonyl (C=O) groups is 2. The molecule has 31 heavy (non-hydrogen) atoms. The van der Waals surface area contributed by atoms with Crippen LogP contribution in [0.1, 0.15) is 41.1 Å². The molecule has 1 aliphatic carbocycles. The maximum Gasteiger partial charge on any atom is 0.251 e. The SMILES string of the molecule is COc1cc(C(=O)N[C@@H]2C[C@H]2c2ccccc2)cc(NC(=O)C2CCOCC2)c1OC. The van der Waals surface area contributed by atoms with Gasteiger partial charge in [-0.1, -0.05) is 30.3 Å². The molecule has 7 nitrogen and oxygen atoms in total. The lowest BCUT2D eigenvalue weighted by molar-refractivity contribution is -0.122. The zero-order valence-corrected chi connectivity index (χ0v) is 17.9. The average Bonchev–Trinajstić information content (AvgIpc) is 3.58. The summed E-state index contributed by atoms with van der Waals surface area (Å²) in [5.74, 6) is 0.692. The normalized spacial score (nSPS) is 20.6. The molecule has 1 saturated carbocycles. The molecule has 0 unspecified atom stereocenters. The smallest absolute Gasteiger partial charge is 0.251 e. The Labute approximate surface area is 182 Å². The van der Waals surface area contributed by atoms with Crippen molar-refractivity contribution in [2.24, 2.45) is 5.92 Å². The van der Waals surface area contributed by atoms with Gasteiger partial charge in [-0.3, -0.25) is 9.59 Å². The van der Waals surface area contributed by atoms with Gasteiger partial charge in [0.15, 0.2) is 11.5 Å². The largest absolute Gasteiger partial charge is 0.493 e. The first-order valence-electron chi connectivity index (χ1n) is 10.6. The third-order valence-electron chi connectivity index (χ3n) is 5.93. The summed E-state index contributed by atoms with van der Waals surface area (Å²) in [6, 6.07) is 13.5. The fraction of sp³-hybridized carbons (Fsp3) is 0.417. The molecule has 0 aromatic heterocycles. The van der Waals surface area contributed by atoms with E-state index in [9.17, 15) is 9.59 Å². The first-order chi connectivity index (χ1) is 15.1. The molecule has 2 aromatic rings. The van der Waals surface area contributed by atoms with E-state index in [-0.39, 0.29) is 23.8 Å². The zero-order valence-electron chi connectivity index (χ0n) is 17.9. The highest BCUT2D eigenvalue weighted by atomic mass is 16.5. The number of nitrogens with one attached hydrogen (secondary N) is 2. The van der Waals surface area contributed by atoms with E-state index in [1.54, 1.807) is 12.1 Å². The van der Waals surface area contributed by atoms with Crippen molar-refractivity contribution in [1.82, 2.24) is 5.32 Å². The van der Waals surface area contributed by atoms with Crippen LogP contribution in [0.3, 0.4) is 0 Å². The van der Waals surface area contributed by atoms with Gasteiger partial charge in [0.1, 0.15) is 0 Å². The molecule has 1 saturated heterocycles. The van der Waals surface area contributed by atoms with Gasteiger partial charge in [0.2, 0.25) is 5.91 Å². The van der Waals surface area contributed by atoms with Crippen LogP contribution in [0.25, 0.3) is 0 Å². The number of carbonyl (C=O) groups excluding carboxylic acids is 2. The highest BCUT2D eigenvalue weighted by Gasteiger charge is 2.39. The van der Waals surface area contributed by atoms with Crippen molar-refractivity contribution >= 4 is 17.5 Å². The summed E-state index contributed by atoms with van der Waals surface area (Å²) in [5, 5.41) is 6.01. The minimum absolute atomic E-state index is 0.100. The number of amides is 2. The van der Waals surface area contributed by atoms with Crippen LogP contribution in [-0.2, 0) is 9.53 Å². The third kappa shape index (κ3) is 4.82. The molecular formula is C24H28N2O5. The summed E-state index contributed by atoms with van der Waals surface area (Å²) in [7, 11) is 3.02. The molecular weight excluding hydrogens is 396 g/mol. The van der Waals surface area contributed by atoms with Gasteiger partial charge in [0.05, 0.1) is 19.9 Å². The Bertz CT molecular complexity index is 940. The Balaban J connectivity index is 1.50. The molecule has 164 valence electrons. The quantitative estimate of drug-likeness (QED) is 0.712. The van der Waals surface area contributed by atoms with Crippen molar-refractivity contribution in [3.63, 3.8) is 0 Å². The fourth-order valence-electron chi connectivity index (χ4n) is 4.06. The van der Waals surface area contributed by atoms with Crippen molar-refractivity contribution in [2.75, 3.05) is 32.8 Å². The van der Waals surface area contributed by atoms with E-state index in [1.807, 2.05) is 18.2 Å². The molecule has 2 N–H and O–H groups in total. The van der Waals surface area contributed by atoms with Gasteiger partial charge in [-0.05, 0) is 37.0 Å². The number of benzene rings is 2. The van der Waals surface area contributed by atoms with Crippen LogP contribution in [0.2, 0.25) is 0 Å². The average molecular weight is 424 g/mol. The van der Waals surface area contributed by atoms with E-state index in [2.05, 4.69) is 22.8 Å². The van der Waals surface area contributed by atoms with Gasteiger partial charge in [-0.2, -0.15) is 0 Å². The Kier molecular flexibility index (Phi) is 6.42. The molecule has 2 atom stereocenters. The van der Waals surface area contributed by atoms with Crippen molar-refractivity contribution in [2.45, 2.75) is 31.2 Å². The van der Waals surface area contributed by atoms with Gasteiger partial charge in [0.25, 0.3) is 5.91 Å². The van der Waals surface area contributed by atoms with Crippen LogP contribution in [0.15, 0.2) is 42.5 Å². The van der Waals surface area contributed by atoms with Crippen molar-refractivity contribution < 1.29 is 23.8 Å². The number of ether oxygens (including phenoxy) is 3. The number of rotatable bonds is 7. The number of anilines is 1. The first kappa shape index (κ1) is 21.2. The van der Waals surface area contributed by atoms with Crippen LogP contribution in [0.5, 0.6) is 11.5 Å². The van der Waals surface area contributed by atoms with E-state index in [1.165, 1.54) is 19.8 Å². The van der Waals surface area contributed by atoms with E-state index in [0.29, 0.717) is 54.7 Å². The molecule has 0 radical (unpaired) electrons. The van der Waals surface area contributed by atoms with E-state index in [4.69, 9.17) is 14.2 Å². The Morgan fingerprint density at radius 2 is 1.77 bits per heavy atom. The Morgan fingerprint density at radius 3 is 2.45 bits per heavy atom. The highest BCUT2D eigenvalue weighted by molar-refractivity contribution is 6.00. The molecule has 1 aliphatic heterocycles. The maximum absolute atomic E-state index is 12.9. The van der Waals surface area contributed by atoms with Crippen LogP contribution >= 0.6 is 0 Å². The summed E-state index contributed by atoms with van der Waals surface area (Å²) in [6.45, 7) is 1.15. The van der Waals surface area contributed by atoms with Gasteiger partial charge < -0.3 is 24.8 Å². The molecule has 2 aliphatic rings. The first-order valence-corrected chi connectivity index (χ1v) is 10.6. The van der Waals surface area contributed by atoms with Crippen molar-refractivity contribution in [3.8, 4) is 11.5 Å². The van der Waals surface area contributed by atoms with Crippen LogP contribution in [0, 0.1) is 5.92 Å². The lowest BCUT2D eigenvalue weighted by Crippen LogP contribution is -2.29. The second-order valence-electron chi connectivity index (χ2n) is 7.97. The Morgan fingerprint density at radius 1 is 1.03 bits per heavy atom. The summed E-state index contributed by atoms with van der Waals surface area (Å²) >= 11 is 0. The molecule has 0 spiro atoms. The topological polar surface area (TPSA) is 85.9 Å². The predicted octanol–water partition coefficient (Wildman–Crippen LogP) is 3.35. The van der Waals surface area contributed by atoms with Gasteiger partial charge in [0, 0.05) is 36.7 Å². The highest BCUT2D eigenvalue weighted by Crippen LogP contribution is 2.41. The molecule has 0 bridgehead atoms. The molecule has 2 aromatic carbocycles. The van der Waals surface area contributed by atoms with E-state index in [0.717, 1.165) is 6.42 Å². The standard InChI is InChI=1S/C24H28N2O5/c1-29-21-13-17(24(28)25-19-14-18(19)15-6-4-3-5-7-15)12-20(22(21)30-2)26-23(27)16-8-10-31-11-9-16/h3-7,12-13,16,18-19H,8-11,14H2,1-2H3,(H,25,28)(H,26,27)/t18-,19+/m0/s1. The lowest BCUT2D eigenvalue weighted by atomic mass is 9.99. The number of hydrogen-bond acceptors (Lipinski definition) is 5. The van der Waals surface area contributed by atoms with Gasteiger partial charge in [-0.25, -0.2) is 0 Å². The number of hydrogen-bond donors (Lipinski definition) is 2. The summed E-state index contributed by atoms with van der Waals surface area (Å²) in [5.41, 5.74) is 2.07. The Hall–Kier alpha value is -3.06. The summed E-state index contributed by atoms with van der Waals surface area (Å²) < 4.78 is 16.2. The van der Waals surface area contributed by atoms with Crippen molar-refractivity contribution in [3.05, 3.63) is 53.6 Å². The molecule has 7 heteroatoms. The fourth-order valence-corrected chi connectivity index (χ4v) is 4.06. The van der Waals surface area contributed by atoms with Crippen molar-refractivity contribution in [1.29, 1.82) is 0 Å². The molecule has 1 heterocycles. The van der Waals surface area contributed by atoms with Crippen LogP contribution in [-0.4, -0.2) is 45.3 Å². The summed E-state index contributed by atoms with van der Waals surface area (Å²) in [6.07, 6.45) is 2.26. The monoisotopic (exact) mass is 424 g/mol. The van der Waals surface area contributed by atoms with E-state index >= 15 is 0 Å². The molecule has 4 rings (SSSR count). The van der Waals surface area contributed by atoms with Gasteiger partial charge >= 0.3 is 0 Å². The summed E-state index contributed by atoms with van der Waals surface area (Å²) in [4.78, 5) is 25.7. The maximum atomic E-state index is 12.9. The number of methoxy groups -OCH3 is 2. The van der Waals surface area contributed by atoms with Gasteiger partial charge in [-0.15, -0.1) is 0 Å². The minimum atomic E-state index is -0.203. The molecule has 2 fully saturated rings. The third-order valence-corrected chi connectivity index (χ3v) is 5.93. The second kappa shape index (κ2) is 9.39. The lowest BCUT2D eigenvalue weighted by Gasteiger charge is -2.22. The van der Waals surface area contributed by atoms with E-state index < -0.39 is 0 Å². The molecule has 2 amide bonds.